The molecule has 0 spiro atoms. The molecule has 0 heterocycles. The van der Waals surface area contributed by atoms with E-state index in [1.54, 1.807) is 0 Å². The first kappa shape index (κ1) is 13.9. The van der Waals surface area contributed by atoms with E-state index in [0.717, 1.165) is 5.56 Å². The van der Waals surface area contributed by atoms with Gasteiger partial charge in [-0.2, -0.15) is 0 Å². The van der Waals surface area contributed by atoms with E-state index in [2.05, 4.69) is 45.9 Å². The van der Waals surface area contributed by atoms with E-state index < -0.39 is 0 Å². The third kappa shape index (κ3) is 2.21. The number of hydrogen-bond donors (Lipinski definition) is 0. The maximum Gasteiger partial charge on any atom is 0.166 e. The van der Waals surface area contributed by atoms with Crippen LogP contribution in [0.3, 0.4) is 0 Å². The summed E-state index contributed by atoms with van der Waals surface area (Å²) in [6.45, 7) is 8.83. The van der Waals surface area contributed by atoms with Crippen LogP contribution in [0.5, 0.6) is 0 Å². The molecule has 0 amide bonds. The highest BCUT2D eigenvalue weighted by atomic mass is 16.1. The second-order valence-corrected chi connectivity index (χ2v) is 7.30. The van der Waals surface area contributed by atoms with Crippen LogP contribution in [0.15, 0.2) is 18.2 Å². The zero-order valence-corrected chi connectivity index (χ0v) is 13.1. The van der Waals surface area contributed by atoms with Crippen molar-refractivity contribution in [2.45, 2.75) is 58.8 Å². The van der Waals surface area contributed by atoms with Crippen LogP contribution in [-0.2, 0) is 0 Å². The highest BCUT2D eigenvalue weighted by Gasteiger charge is 2.56. The molecule has 1 heteroatoms. The van der Waals surface area contributed by atoms with Crippen LogP contribution in [-0.4, -0.2) is 5.78 Å². The monoisotopic (exact) mass is 270 g/mol. The van der Waals surface area contributed by atoms with Crippen LogP contribution < -0.4 is 0 Å². The van der Waals surface area contributed by atoms with Gasteiger partial charge < -0.3 is 0 Å². The zero-order valence-electron chi connectivity index (χ0n) is 13.1. The van der Waals surface area contributed by atoms with Gasteiger partial charge in [0.05, 0.1) is 0 Å². The van der Waals surface area contributed by atoms with Crippen molar-refractivity contribution < 1.29 is 4.79 Å². The maximum atomic E-state index is 12.8. The predicted molar refractivity (Wildman–Crippen MR) is 83.3 cm³/mol. The van der Waals surface area contributed by atoms with Gasteiger partial charge >= 0.3 is 0 Å². The summed E-state index contributed by atoms with van der Waals surface area (Å²) in [6.07, 6.45) is 3.90. The SMILES string of the molecule is CC(C)c1ccc(C(=O)C2C3CCCC32)c(C(C)C)c1. The maximum absolute atomic E-state index is 12.8. The molecule has 2 unspecified atom stereocenters. The minimum Gasteiger partial charge on any atom is -0.294 e. The first-order valence-electron chi connectivity index (χ1n) is 8.18. The number of rotatable bonds is 4. The summed E-state index contributed by atoms with van der Waals surface area (Å²) in [5.41, 5.74) is 3.61. The van der Waals surface area contributed by atoms with Gasteiger partial charge in [0.2, 0.25) is 0 Å². The van der Waals surface area contributed by atoms with Crippen molar-refractivity contribution in [2.24, 2.45) is 17.8 Å². The smallest absolute Gasteiger partial charge is 0.166 e. The fraction of sp³-hybridized carbons (Fsp3) is 0.632. The molecule has 2 aliphatic rings. The summed E-state index contributed by atoms with van der Waals surface area (Å²) in [7, 11) is 0. The lowest BCUT2D eigenvalue weighted by atomic mass is 9.88. The highest BCUT2D eigenvalue weighted by molar-refractivity contribution is 6.01. The van der Waals surface area contributed by atoms with Gasteiger partial charge in [-0.15, -0.1) is 0 Å². The Morgan fingerprint density at radius 3 is 2.25 bits per heavy atom. The number of carbonyl (C=O) groups excluding carboxylic acids is 1. The number of Topliss-reactive ketones (excluding diaryl/α,β-unsaturated/α-hetero) is 1. The highest BCUT2D eigenvalue weighted by Crippen LogP contribution is 2.58. The number of fused-ring (bicyclic) bond motifs is 1. The average molecular weight is 270 g/mol. The van der Waals surface area contributed by atoms with E-state index in [0.29, 0.717) is 35.4 Å². The minimum atomic E-state index is 0.353. The molecule has 3 rings (SSSR count). The third-order valence-electron chi connectivity index (χ3n) is 5.34. The fourth-order valence-electron chi connectivity index (χ4n) is 4.03. The quantitative estimate of drug-likeness (QED) is 0.690. The molecular formula is C19H26O. The molecular weight excluding hydrogens is 244 g/mol. The molecule has 2 aliphatic carbocycles. The molecule has 0 saturated heterocycles. The van der Waals surface area contributed by atoms with Crippen molar-refractivity contribution in [1.29, 1.82) is 0 Å². The van der Waals surface area contributed by atoms with Crippen molar-refractivity contribution in [2.75, 3.05) is 0 Å². The molecule has 1 nitrogen and oxygen atoms in total. The molecule has 20 heavy (non-hydrogen) atoms. The van der Waals surface area contributed by atoms with E-state index in [1.165, 1.54) is 30.4 Å². The fourth-order valence-corrected chi connectivity index (χ4v) is 4.03. The van der Waals surface area contributed by atoms with Gasteiger partial charge in [-0.1, -0.05) is 52.3 Å². The molecule has 0 N–H and O–H groups in total. The Morgan fingerprint density at radius 2 is 1.70 bits per heavy atom. The number of hydrogen-bond acceptors (Lipinski definition) is 1. The van der Waals surface area contributed by atoms with Crippen LogP contribution in [0.1, 0.15) is 80.3 Å². The molecule has 108 valence electrons. The minimum absolute atomic E-state index is 0.353. The van der Waals surface area contributed by atoms with Gasteiger partial charge in [-0.05, 0) is 47.6 Å². The molecule has 0 bridgehead atoms. The first-order chi connectivity index (χ1) is 9.50. The van der Waals surface area contributed by atoms with Crippen molar-refractivity contribution in [3.63, 3.8) is 0 Å². The molecule has 2 saturated carbocycles. The Balaban J connectivity index is 1.90. The standard InChI is InChI=1S/C19H26O/c1-11(2)13-8-9-16(17(10-13)12(3)4)19(20)18-14-6-5-7-15(14)18/h8-12,14-15,18H,5-7H2,1-4H3. The van der Waals surface area contributed by atoms with Crippen molar-refractivity contribution in [1.82, 2.24) is 0 Å². The Morgan fingerprint density at radius 1 is 1.05 bits per heavy atom. The molecule has 2 fully saturated rings. The number of benzene rings is 1. The zero-order chi connectivity index (χ0) is 14.4. The Hall–Kier alpha value is -1.11. The topological polar surface area (TPSA) is 17.1 Å². The Labute approximate surface area is 122 Å². The van der Waals surface area contributed by atoms with Crippen molar-refractivity contribution in [3.8, 4) is 0 Å². The Kier molecular flexibility index (Phi) is 3.48. The van der Waals surface area contributed by atoms with Gasteiger partial charge in [0.1, 0.15) is 0 Å². The summed E-state index contributed by atoms with van der Waals surface area (Å²) in [5, 5.41) is 0. The molecule has 1 aromatic rings. The van der Waals surface area contributed by atoms with E-state index in [1.807, 2.05) is 0 Å². The molecule has 0 radical (unpaired) electrons. The lowest BCUT2D eigenvalue weighted by Crippen LogP contribution is -2.11. The molecule has 0 aliphatic heterocycles. The predicted octanol–water partition coefficient (Wildman–Crippen LogP) is 5.16. The third-order valence-corrected chi connectivity index (χ3v) is 5.34. The Bertz CT molecular complexity index is 517. The molecule has 2 atom stereocenters. The second kappa shape index (κ2) is 5.02. The van der Waals surface area contributed by atoms with Crippen LogP contribution in [0.4, 0.5) is 0 Å². The normalized spacial score (nSPS) is 28.0. The second-order valence-electron chi connectivity index (χ2n) is 7.30. The number of carbonyl (C=O) groups is 1. The summed E-state index contributed by atoms with van der Waals surface area (Å²) in [6, 6.07) is 6.52. The van der Waals surface area contributed by atoms with Crippen LogP contribution in [0, 0.1) is 17.8 Å². The van der Waals surface area contributed by atoms with Gasteiger partial charge in [0.15, 0.2) is 5.78 Å². The van der Waals surface area contributed by atoms with Crippen LogP contribution in [0.2, 0.25) is 0 Å². The first-order valence-corrected chi connectivity index (χ1v) is 8.18. The van der Waals surface area contributed by atoms with Crippen LogP contribution in [0.25, 0.3) is 0 Å². The lowest BCUT2D eigenvalue weighted by Gasteiger charge is -2.16. The largest absolute Gasteiger partial charge is 0.294 e. The lowest BCUT2D eigenvalue weighted by molar-refractivity contribution is 0.0950. The summed E-state index contributed by atoms with van der Waals surface area (Å²) in [5.74, 6) is 3.16. The molecule has 1 aromatic carbocycles. The number of ketones is 1. The summed E-state index contributed by atoms with van der Waals surface area (Å²) >= 11 is 0. The van der Waals surface area contributed by atoms with E-state index in [9.17, 15) is 4.79 Å². The molecule has 0 aromatic heterocycles. The van der Waals surface area contributed by atoms with Crippen molar-refractivity contribution >= 4 is 5.78 Å². The van der Waals surface area contributed by atoms with Gasteiger partial charge in [0, 0.05) is 11.5 Å². The van der Waals surface area contributed by atoms with E-state index >= 15 is 0 Å². The summed E-state index contributed by atoms with van der Waals surface area (Å²) < 4.78 is 0. The van der Waals surface area contributed by atoms with Crippen LogP contribution >= 0.6 is 0 Å². The average Bonchev–Trinajstić information content (AvgIpc) is 2.89. The summed E-state index contributed by atoms with van der Waals surface area (Å²) in [4.78, 5) is 12.8. The van der Waals surface area contributed by atoms with Gasteiger partial charge in [0.25, 0.3) is 0 Å². The van der Waals surface area contributed by atoms with E-state index in [-0.39, 0.29) is 0 Å². The van der Waals surface area contributed by atoms with E-state index in [4.69, 9.17) is 0 Å². The van der Waals surface area contributed by atoms with Gasteiger partial charge in [-0.3, -0.25) is 4.79 Å². The van der Waals surface area contributed by atoms with Crippen molar-refractivity contribution in [3.05, 3.63) is 34.9 Å². The van der Waals surface area contributed by atoms with Gasteiger partial charge in [-0.25, -0.2) is 0 Å².